The molecule has 4 heteroatoms. The number of rotatable bonds is 5. The number of carboxylic acid groups (broad SMARTS) is 1. The number of hydrogen-bond acceptors (Lipinski definition) is 2. The standard InChI is InChI=1S/C17H17BrO3/c1-17(2,16(19)20)21-15-9-7-14(8-10-15)13-5-3-12(11-18)4-6-13/h3-10H,11H2,1-2H3,(H,19,20). The van der Waals surface area contributed by atoms with Crippen LogP contribution in [0.25, 0.3) is 11.1 Å². The summed E-state index contributed by atoms with van der Waals surface area (Å²) in [5, 5.41) is 9.89. The zero-order valence-corrected chi connectivity index (χ0v) is 13.6. The minimum absolute atomic E-state index is 0.545. The molecule has 0 unspecified atom stereocenters. The van der Waals surface area contributed by atoms with Crippen LogP contribution in [0.5, 0.6) is 5.75 Å². The monoisotopic (exact) mass is 348 g/mol. The Bertz CT molecular complexity index is 615. The number of halogens is 1. The van der Waals surface area contributed by atoms with E-state index in [4.69, 9.17) is 9.84 Å². The zero-order chi connectivity index (χ0) is 15.5. The molecule has 0 amide bonds. The van der Waals surface area contributed by atoms with Crippen molar-refractivity contribution in [2.24, 2.45) is 0 Å². The third kappa shape index (κ3) is 3.85. The fourth-order valence-corrected chi connectivity index (χ4v) is 2.21. The molecule has 0 heterocycles. The van der Waals surface area contributed by atoms with E-state index in [2.05, 4.69) is 40.2 Å². The first kappa shape index (κ1) is 15.6. The van der Waals surface area contributed by atoms with Gasteiger partial charge in [-0.15, -0.1) is 0 Å². The lowest BCUT2D eigenvalue weighted by Crippen LogP contribution is -2.37. The van der Waals surface area contributed by atoms with Crippen LogP contribution >= 0.6 is 15.9 Å². The van der Waals surface area contributed by atoms with Crippen molar-refractivity contribution < 1.29 is 14.6 Å². The molecule has 0 atom stereocenters. The molecule has 2 rings (SSSR count). The van der Waals surface area contributed by atoms with Gasteiger partial charge < -0.3 is 9.84 Å². The Morgan fingerprint density at radius 1 is 1.05 bits per heavy atom. The lowest BCUT2D eigenvalue weighted by Gasteiger charge is -2.21. The fourth-order valence-electron chi connectivity index (χ4n) is 1.84. The number of carboxylic acids is 1. The Hall–Kier alpha value is -1.81. The molecule has 21 heavy (non-hydrogen) atoms. The van der Waals surface area contributed by atoms with Gasteiger partial charge in [0.1, 0.15) is 5.75 Å². The average Bonchev–Trinajstić information content (AvgIpc) is 2.48. The van der Waals surface area contributed by atoms with Gasteiger partial charge in [0.15, 0.2) is 5.60 Å². The summed E-state index contributed by atoms with van der Waals surface area (Å²) in [6, 6.07) is 15.7. The molecule has 110 valence electrons. The van der Waals surface area contributed by atoms with Crippen molar-refractivity contribution >= 4 is 21.9 Å². The topological polar surface area (TPSA) is 46.5 Å². The van der Waals surface area contributed by atoms with E-state index in [9.17, 15) is 4.79 Å². The normalized spacial score (nSPS) is 11.2. The van der Waals surface area contributed by atoms with Gasteiger partial charge in [-0.25, -0.2) is 4.79 Å². The van der Waals surface area contributed by atoms with Crippen LogP contribution in [0.1, 0.15) is 19.4 Å². The maximum absolute atomic E-state index is 11.0. The van der Waals surface area contributed by atoms with Crippen LogP contribution in [0.15, 0.2) is 48.5 Å². The molecule has 0 aliphatic rings. The predicted molar refractivity (Wildman–Crippen MR) is 86.9 cm³/mol. The van der Waals surface area contributed by atoms with Gasteiger partial charge in [-0.2, -0.15) is 0 Å². The molecule has 3 nitrogen and oxygen atoms in total. The summed E-state index contributed by atoms with van der Waals surface area (Å²) < 4.78 is 5.48. The van der Waals surface area contributed by atoms with Crippen molar-refractivity contribution in [3.8, 4) is 16.9 Å². The molecule has 0 radical (unpaired) electrons. The highest BCUT2D eigenvalue weighted by Gasteiger charge is 2.29. The molecule has 0 saturated carbocycles. The van der Waals surface area contributed by atoms with Crippen LogP contribution in [0, 0.1) is 0 Å². The molecule has 0 fully saturated rings. The number of aliphatic carboxylic acids is 1. The highest BCUT2D eigenvalue weighted by molar-refractivity contribution is 9.08. The highest BCUT2D eigenvalue weighted by atomic mass is 79.9. The quantitative estimate of drug-likeness (QED) is 0.809. The van der Waals surface area contributed by atoms with Crippen molar-refractivity contribution in [2.75, 3.05) is 0 Å². The zero-order valence-electron chi connectivity index (χ0n) is 12.0. The van der Waals surface area contributed by atoms with Crippen LogP contribution < -0.4 is 4.74 Å². The Kier molecular flexibility index (Phi) is 4.68. The third-order valence-corrected chi connectivity index (χ3v) is 3.83. The van der Waals surface area contributed by atoms with Gasteiger partial charge in [-0.05, 0) is 42.7 Å². The molecule has 1 N–H and O–H groups in total. The number of alkyl halides is 1. The second-order valence-electron chi connectivity index (χ2n) is 5.27. The van der Waals surface area contributed by atoms with Crippen molar-refractivity contribution in [3.05, 3.63) is 54.1 Å². The van der Waals surface area contributed by atoms with Gasteiger partial charge in [0.05, 0.1) is 0 Å². The van der Waals surface area contributed by atoms with Crippen LogP contribution in [-0.2, 0) is 10.1 Å². The number of benzene rings is 2. The molecule has 0 bridgehead atoms. The first-order valence-corrected chi connectivity index (χ1v) is 7.72. The Balaban J connectivity index is 2.16. The van der Waals surface area contributed by atoms with Gasteiger partial charge in [-0.3, -0.25) is 0 Å². The number of carbonyl (C=O) groups is 1. The first-order chi connectivity index (χ1) is 9.92. The number of ether oxygens (including phenoxy) is 1. The fraction of sp³-hybridized carbons (Fsp3) is 0.235. The van der Waals surface area contributed by atoms with E-state index in [0.717, 1.165) is 16.5 Å². The van der Waals surface area contributed by atoms with Crippen LogP contribution in [0.3, 0.4) is 0 Å². The summed E-state index contributed by atoms with van der Waals surface area (Å²) in [6.07, 6.45) is 0. The summed E-state index contributed by atoms with van der Waals surface area (Å²) in [7, 11) is 0. The van der Waals surface area contributed by atoms with Gasteiger partial charge >= 0.3 is 5.97 Å². The molecule has 0 aliphatic heterocycles. The largest absolute Gasteiger partial charge is 0.478 e. The van der Waals surface area contributed by atoms with Gasteiger partial charge in [0.2, 0.25) is 0 Å². The molecule has 0 saturated heterocycles. The smallest absolute Gasteiger partial charge is 0.347 e. The molecular formula is C17H17BrO3. The lowest BCUT2D eigenvalue weighted by molar-refractivity contribution is -0.152. The van der Waals surface area contributed by atoms with E-state index in [1.807, 2.05) is 12.1 Å². The molecule has 2 aromatic rings. The van der Waals surface area contributed by atoms with Crippen molar-refractivity contribution in [3.63, 3.8) is 0 Å². The molecule has 0 spiro atoms. The lowest BCUT2D eigenvalue weighted by atomic mass is 10.0. The van der Waals surface area contributed by atoms with E-state index in [0.29, 0.717) is 5.75 Å². The van der Waals surface area contributed by atoms with Crippen LogP contribution in [0.2, 0.25) is 0 Å². The molecule has 0 aromatic heterocycles. The minimum Gasteiger partial charge on any atom is -0.478 e. The second-order valence-corrected chi connectivity index (χ2v) is 5.83. The average molecular weight is 349 g/mol. The van der Waals surface area contributed by atoms with E-state index in [-0.39, 0.29) is 0 Å². The molecule has 0 aliphatic carbocycles. The van der Waals surface area contributed by atoms with Crippen LogP contribution in [-0.4, -0.2) is 16.7 Å². The first-order valence-electron chi connectivity index (χ1n) is 6.60. The summed E-state index contributed by atoms with van der Waals surface area (Å²) in [5.41, 5.74) is 2.17. The molecular weight excluding hydrogens is 332 g/mol. The summed E-state index contributed by atoms with van der Waals surface area (Å²) in [5.74, 6) is -0.444. The van der Waals surface area contributed by atoms with Gasteiger partial charge in [-0.1, -0.05) is 52.3 Å². The minimum atomic E-state index is -1.24. The summed E-state index contributed by atoms with van der Waals surface area (Å²) in [6.45, 7) is 3.06. The van der Waals surface area contributed by atoms with E-state index < -0.39 is 11.6 Å². The highest BCUT2D eigenvalue weighted by Crippen LogP contribution is 2.25. The Labute approximate surface area is 132 Å². The van der Waals surface area contributed by atoms with Crippen LogP contribution in [0.4, 0.5) is 0 Å². The maximum atomic E-state index is 11.0. The van der Waals surface area contributed by atoms with Crippen molar-refractivity contribution in [2.45, 2.75) is 24.8 Å². The van der Waals surface area contributed by atoms with Gasteiger partial charge in [0, 0.05) is 5.33 Å². The third-order valence-electron chi connectivity index (χ3n) is 3.18. The maximum Gasteiger partial charge on any atom is 0.347 e. The predicted octanol–water partition coefficient (Wildman–Crippen LogP) is 4.49. The van der Waals surface area contributed by atoms with E-state index >= 15 is 0 Å². The molecule has 2 aromatic carbocycles. The number of hydrogen-bond donors (Lipinski definition) is 1. The second kappa shape index (κ2) is 6.31. The Morgan fingerprint density at radius 2 is 1.52 bits per heavy atom. The summed E-state index contributed by atoms with van der Waals surface area (Å²) in [4.78, 5) is 11.0. The Morgan fingerprint density at radius 3 is 1.95 bits per heavy atom. The van der Waals surface area contributed by atoms with Crippen molar-refractivity contribution in [1.82, 2.24) is 0 Å². The summed E-state index contributed by atoms with van der Waals surface area (Å²) >= 11 is 3.42. The van der Waals surface area contributed by atoms with Gasteiger partial charge in [0.25, 0.3) is 0 Å². The SMILES string of the molecule is CC(C)(Oc1ccc(-c2ccc(CBr)cc2)cc1)C(=O)O. The van der Waals surface area contributed by atoms with E-state index in [1.165, 1.54) is 19.4 Å². The van der Waals surface area contributed by atoms with Crippen molar-refractivity contribution in [1.29, 1.82) is 0 Å². The van der Waals surface area contributed by atoms with E-state index in [1.54, 1.807) is 12.1 Å².